The van der Waals surface area contributed by atoms with Crippen molar-refractivity contribution in [2.45, 2.75) is 23.1 Å². The second-order valence-corrected chi connectivity index (χ2v) is 5.65. The fourth-order valence-electron chi connectivity index (χ4n) is 1.16. The highest BCUT2D eigenvalue weighted by molar-refractivity contribution is 8.01. The Bertz CT molecular complexity index is 479. The summed E-state index contributed by atoms with van der Waals surface area (Å²) in [5.41, 5.74) is 7.90. The van der Waals surface area contributed by atoms with Gasteiger partial charge in [-0.2, -0.15) is 0 Å². The third-order valence-corrected chi connectivity index (χ3v) is 3.95. The molecule has 1 aromatic heterocycles. The van der Waals surface area contributed by atoms with Crippen molar-refractivity contribution >= 4 is 28.8 Å². The molecule has 0 atom stereocenters. The molecule has 0 bridgehead atoms. The second-order valence-electron chi connectivity index (χ2n) is 3.18. The van der Waals surface area contributed by atoms with E-state index in [2.05, 4.69) is 10.2 Å². The predicted octanol–water partition coefficient (Wildman–Crippen LogP) is 2.89. The van der Waals surface area contributed by atoms with E-state index in [1.807, 2.05) is 32.0 Å². The maximum atomic E-state index is 5.97. The largest absolute Gasteiger partial charge is 0.398 e. The molecule has 0 amide bonds. The number of anilines is 1. The van der Waals surface area contributed by atoms with Crippen molar-refractivity contribution in [2.24, 2.45) is 0 Å². The predicted molar refractivity (Wildman–Crippen MR) is 64.4 cm³/mol. The molecule has 2 N–H and O–H groups in total. The van der Waals surface area contributed by atoms with E-state index in [1.165, 1.54) is 0 Å². The van der Waals surface area contributed by atoms with Gasteiger partial charge in [-0.1, -0.05) is 35.2 Å². The summed E-state index contributed by atoms with van der Waals surface area (Å²) in [5.74, 6) is 0. The van der Waals surface area contributed by atoms with Gasteiger partial charge in [-0.3, -0.25) is 0 Å². The number of nitrogens with zero attached hydrogens (tertiary/aromatic N) is 2. The zero-order valence-electron chi connectivity index (χ0n) is 8.52. The molecule has 0 aliphatic heterocycles. The number of hydrogen-bond acceptors (Lipinski definition) is 5. The van der Waals surface area contributed by atoms with Crippen molar-refractivity contribution in [3.05, 3.63) is 28.8 Å². The average molecular weight is 237 g/mol. The van der Waals surface area contributed by atoms with Crippen LogP contribution in [0.25, 0.3) is 0 Å². The molecule has 0 radical (unpaired) electrons. The quantitative estimate of drug-likeness (QED) is 0.816. The van der Waals surface area contributed by atoms with Gasteiger partial charge >= 0.3 is 0 Å². The SMILES string of the molecule is Cc1nnc(Sc2cccc(C)c2N)s1. The molecule has 0 fully saturated rings. The van der Waals surface area contributed by atoms with Crippen LogP contribution in [-0.2, 0) is 0 Å². The van der Waals surface area contributed by atoms with Crippen molar-refractivity contribution in [1.29, 1.82) is 0 Å². The van der Waals surface area contributed by atoms with Gasteiger partial charge in [0.1, 0.15) is 5.01 Å². The zero-order valence-corrected chi connectivity index (χ0v) is 10.2. The molecule has 78 valence electrons. The summed E-state index contributed by atoms with van der Waals surface area (Å²) in [6, 6.07) is 6.01. The fourth-order valence-corrected chi connectivity index (χ4v) is 3.06. The van der Waals surface area contributed by atoms with E-state index in [-0.39, 0.29) is 0 Å². The van der Waals surface area contributed by atoms with Gasteiger partial charge in [0.2, 0.25) is 0 Å². The lowest BCUT2D eigenvalue weighted by Crippen LogP contribution is -1.91. The number of hydrogen-bond donors (Lipinski definition) is 1. The first kappa shape index (κ1) is 10.4. The molecule has 15 heavy (non-hydrogen) atoms. The van der Waals surface area contributed by atoms with E-state index in [0.717, 1.165) is 25.5 Å². The van der Waals surface area contributed by atoms with E-state index in [9.17, 15) is 0 Å². The Labute approximate surface area is 96.7 Å². The first-order valence-electron chi connectivity index (χ1n) is 4.50. The molecule has 1 heterocycles. The molecule has 0 saturated heterocycles. The number of nitrogens with two attached hydrogens (primary N) is 1. The van der Waals surface area contributed by atoms with Crippen molar-refractivity contribution < 1.29 is 0 Å². The number of para-hydroxylation sites is 1. The molecule has 0 aliphatic rings. The molecular weight excluding hydrogens is 226 g/mol. The molecule has 2 aromatic rings. The van der Waals surface area contributed by atoms with Crippen LogP contribution in [0.5, 0.6) is 0 Å². The van der Waals surface area contributed by atoms with Crippen LogP contribution in [0.3, 0.4) is 0 Å². The molecule has 0 aliphatic carbocycles. The van der Waals surface area contributed by atoms with Crippen molar-refractivity contribution in [3.8, 4) is 0 Å². The van der Waals surface area contributed by atoms with Crippen LogP contribution in [0.1, 0.15) is 10.6 Å². The molecule has 5 heteroatoms. The van der Waals surface area contributed by atoms with E-state index in [4.69, 9.17) is 5.73 Å². The van der Waals surface area contributed by atoms with E-state index >= 15 is 0 Å². The van der Waals surface area contributed by atoms with Gasteiger partial charge in [-0.25, -0.2) is 0 Å². The van der Waals surface area contributed by atoms with Gasteiger partial charge in [0, 0.05) is 10.6 Å². The Morgan fingerprint density at radius 1 is 1.27 bits per heavy atom. The van der Waals surface area contributed by atoms with Gasteiger partial charge < -0.3 is 5.73 Å². The summed E-state index contributed by atoms with van der Waals surface area (Å²) in [6.07, 6.45) is 0. The minimum atomic E-state index is 0.829. The lowest BCUT2D eigenvalue weighted by atomic mass is 10.2. The highest BCUT2D eigenvalue weighted by Crippen LogP contribution is 2.34. The molecule has 3 nitrogen and oxygen atoms in total. The second kappa shape index (κ2) is 4.20. The zero-order chi connectivity index (χ0) is 10.8. The van der Waals surface area contributed by atoms with Crippen LogP contribution < -0.4 is 5.73 Å². The van der Waals surface area contributed by atoms with Crippen molar-refractivity contribution in [2.75, 3.05) is 5.73 Å². The molecule has 0 spiro atoms. The van der Waals surface area contributed by atoms with Crippen LogP contribution in [0.15, 0.2) is 27.4 Å². The summed E-state index contributed by atoms with van der Waals surface area (Å²) < 4.78 is 0.935. The Balaban J connectivity index is 2.28. The third kappa shape index (κ3) is 2.30. The molecular formula is C10H11N3S2. The van der Waals surface area contributed by atoms with Gasteiger partial charge in [0.25, 0.3) is 0 Å². The Hall–Kier alpha value is -1.07. The first-order valence-corrected chi connectivity index (χ1v) is 6.13. The molecule has 1 aromatic carbocycles. The molecule has 0 unspecified atom stereocenters. The summed E-state index contributed by atoms with van der Waals surface area (Å²) >= 11 is 3.15. The highest BCUT2D eigenvalue weighted by Gasteiger charge is 2.07. The number of aryl methyl sites for hydroxylation is 2. The van der Waals surface area contributed by atoms with Gasteiger partial charge in [0.15, 0.2) is 4.34 Å². The standard InChI is InChI=1S/C10H11N3S2/c1-6-4-3-5-8(9(6)11)15-10-13-12-7(2)14-10/h3-5H,11H2,1-2H3. The van der Waals surface area contributed by atoms with E-state index in [1.54, 1.807) is 23.1 Å². The summed E-state index contributed by atoms with van der Waals surface area (Å²) in [6.45, 7) is 3.95. The lowest BCUT2D eigenvalue weighted by Gasteiger charge is -2.04. The molecule has 0 saturated carbocycles. The first-order chi connectivity index (χ1) is 7.16. The number of rotatable bonds is 2. The van der Waals surface area contributed by atoms with Crippen molar-refractivity contribution in [3.63, 3.8) is 0 Å². The van der Waals surface area contributed by atoms with Crippen LogP contribution in [0.4, 0.5) is 5.69 Å². The van der Waals surface area contributed by atoms with Crippen LogP contribution in [-0.4, -0.2) is 10.2 Å². The monoisotopic (exact) mass is 237 g/mol. The normalized spacial score (nSPS) is 10.5. The summed E-state index contributed by atoms with van der Waals surface area (Å²) in [4.78, 5) is 1.05. The Morgan fingerprint density at radius 2 is 2.07 bits per heavy atom. The smallest absolute Gasteiger partial charge is 0.179 e. The Kier molecular flexibility index (Phi) is 2.93. The topological polar surface area (TPSA) is 51.8 Å². The summed E-state index contributed by atoms with van der Waals surface area (Å²) in [5, 5.41) is 9.01. The van der Waals surface area contributed by atoms with Crippen molar-refractivity contribution in [1.82, 2.24) is 10.2 Å². The van der Waals surface area contributed by atoms with Gasteiger partial charge in [-0.05, 0) is 25.5 Å². The third-order valence-electron chi connectivity index (χ3n) is 1.99. The fraction of sp³-hybridized carbons (Fsp3) is 0.200. The van der Waals surface area contributed by atoms with Gasteiger partial charge in [-0.15, -0.1) is 10.2 Å². The minimum absolute atomic E-state index is 0.829. The Morgan fingerprint density at radius 3 is 2.73 bits per heavy atom. The minimum Gasteiger partial charge on any atom is -0.398 e. The van der Waals surface area contributed by atoms with E-state index < -0.39 is 0 Å². The maximum Gasteiger partial charge on any atom is 0.179 e. The number of aromatic nitrogens is 2. The van der Waals surface area contributed by atoms with E-state index in [0.29, 0.717) is 0 Å². The number of benzene rings is 1. The molecule has 2 rings (SSSR count). The van der Waals surface area contributed by atoms with Crippen LogP contribution in [0, 0.1) is 13.8 Å². The van der Waals surface area contributed by atoms with Gasteiger partial charge in [0.05, 0.1) is 0 Å². The average Bonchev–Trinajstić information content (AvgIpc) is 2.59. The van der Waals surface area contributed by atoms with Crippen LogP contribution in [0.2, 0.25) is 0 Å². The summed E-state index contributed by atoms with van der Waals surface area (Å²) in [7, 11) is 0. The highest BCUT2D eigenvalue weighted by atomic mass is 32.2. The number of nitrogen functional groups attached to an aromatic ring is 1. The van der Waals surface area contributed by atoms with Crippen LogP contribution >= 0.6 is 23.1 Å². The maximum absolute atomic E-state index is 5.97. The lowest BCUT2D eigenvalue weighted by molar-refractivity contribution is 0.984.